The third kappa shape index (κ3) is 1.67. The first-order chi connectivity index (χ1) is 2.77. The molecule has 0 saturated carbocycles. The lowest BCUT2D eigenvalue weighted by Crippen LogP contribution is -1.55. The molecule has 0 saturated heterocycles. The van der Waals surface area contributed by atoms with E-state index in [4.69, 9.17) is 2.74 Å². The summed E-state index contributed by atoms with van der Waals surface area (Å²) in [7, 11) is 0. The van der Waals surface area contributed by atoms with Gasteiger partial charge in [-0.15, -0.1) is 0 Å². The Kier molecular flexibility index (Phi) is 0.801. The molecule has 1 heteroatoms. The average molecular weight is 60.1 g/mol. The van der Waals surface area contributed by atoms with Crippen molar-refractivity contribution in [3.63, 3.8) is 0 Å². The minimum atomic E-state index is -0.648. The lowest BCUT2D eigenvalue weighted by Gasteiger charge is -1.51. The zero-order valence-corrected chi connectivity index (χ0v) is 2.32. The summed E-state index contributed by atoms with van der Waals surface area (Å²) in [6.45, 7) is 0.0440. The van der Waals surface area contributed by atoms with Gasteiger partial charge in [-0.1, -0.05) is 6.90 Å². The molecule has 0 aromatic rings. The van der Waals surface area contributed by atoms with Gasteiger partial charge < -0.3 is 4.79 Å². The monoisotopic (exact) mass is 60.1 g/mol. The Hall–Kier alpha value is -0.330. The van der Waals surface area contributed by atoms with Crippen molar-refractivity contribution in [2.24, 2.45) is 0 Å². The van der Waals surface area contributed by atoms with Crippen LogP contribution in [0.25, 0.3) is 0 Å². The van der Waals surface area contributed by atoms with E-state index in [9.17, 15) is 4.79 Å². The minimum Gasteiger partial charge on any atom is -0.303 e. The van der Waals surface area contributed by atoms with Gasteiger partial charge in [-0.2, -0.15) is 0 Å². The Morgan fingerprint density at radius 3 is 3.50 bits per heavy atom. The third-order valence-corrected chi connectivity index (χ3v) is 0.102. The Labute approximate surface area is 28.4 Å². The molecule has 0 aromatic carbocycles. The molecule has 1 nitrogen and oxygen atoms in total. The summed E-state index contributed by atoms with van der Waals surface area (Å²) in [4.78, 5) is 9.59. The van der Waals surface area contributed by atoms with E-state index in [-0.39, 0.29) is 13.3 Å². The second-order valence-corrected chi connectivity index (χ2v) is 0.394. The lowest BCUT2D eigenvalue weighted by molar-refractivity contribution is -0.107. The van der Waals surface area contributed by atoms with Crippen LogP contribution in [0.15, 0.2) is 0 Å². The summed E-state index contributed by atoms with van der Waals surface area (Å²) in [5, 5.41) is 0. The van der Waals surface area contributed by atoms with Crippen molar-refractivity contribution in [1.29, 1.82) is 0 Å². The maximum atomic E-state index is 9.59. The second kappa shape index (κ2) is 2.67. The van der Waals surface area contributed by atoms with Crippen LogP contribution in [0.4, 0.5) is 0 Å². The molecule has 0 spiro atoms. The highest BCUT2D eigenvalue weighted by Gasteiger charge is 1.52. The number of rotatable bonds is 1. The molecule has 0 unspecified atom stereocenters. The normalized spacial score (nSPS) is 13.0. The van der Waals surface area contributed by atoms with Crippen molar-refractivity contribution in [2.75, 3.05) is 0 Å². The predicted octanol–water partition coefficient (Wildman–Crippen LogP) is 0.595. The van der Waals surface area contributed by atoms with Crippen LogP contribution in [-0.4, -0.2) is 6.26 Å². The molecule has 4 heavy (non-hydrogen) atoms. The molecule has 0 aliphatic heterocycles. The van der Waals surface area contributed by atoms with Crippen molar-refractivity contribution in [3.8, 4) is 0 Å². The van der Waals surface area contributed by atoms with Crippen molar-refractivity contribution in [3.05, 3.63) is 0 Å². The molecular formula is C3H6O. The number of aldehydes is 1. The van der Waals surface area contributed by atoms with Crippen LogP contribution >= 0.6 is 0 Å². The highest BCUT2D eigenvalue weighted by atomic mass is 16.1. The Balaban J connectivity index is 2.83. The van der Waals surface area contributed by atoms with E-state index in [1.54, 1.807) is 0 Å². The van der Waals surface area contributed by atoms with Crippen LogP contribution in [0.3, 0.4) is 0 Å². The SMILES string of the molecule is [2H]CCC([2H])=O. The molecular weight excluding hydrogens is 52.0 g/mol. The molecule has 0 amide bonds. The lowest BCUT2D eigenvalue weighted by atomic mass is 10.6. The van der Waals surface area contributed by atoms with Gasteiger partial charge in [0.1, 0.15) is 7.63 Å². The van der Waals surface area contributed by atoms with Gasteiger partial charge in [0.05, 0.1) is 0 Å². The quantitative estimate of drug-likeness (QED) is 0.405. The van der Waals surface area contributed by atoms with Gasteiger partial charge >= 0.3 is 0 Å². The van der Waals surface area contributed by atoms with Gasteiger partial charge in [-0.25, -0.2) is 0 Å². The summed E-state index contributed by atoms with van der Waals surface area (Å²) in [5.74, 6) is 0. The van der Waals surface area contributed by atoms with Crippen LogP contribution in [0, 0.1) is 0 Å². The summed E-state index contributed by atoms with van der Waals surface area (Å²) in [5.41, 5.74) is 0. The van der Waals surface area contributed by atoms with Crippen LogP contribution < -0.4 is 0 Å². The van der Waals surface area contributed by atoms with E-state index in [0.29, 0.717) is 0 Å². The predicted molar refractivity (Wildman–Crippen MR) is 16.4 cm³/mol. The zero-order chi connectivity index (χ0) is 4.99. The molecule has 24 valence electrons. The first-order valence-corrected chi connectivity index (χ1v) is 1.06. The first-order valence-electron chi connectivity index (χ1n) is 2.26. The van der Waals surface area contributed by atoms with Crippen LogP contribution in [0.1, 0.15) is 16.1 Å². The van der Waals surface area contributed by atoms with Crippen molar-refractivity contribution >= 4 is 6.26 Å². The Morgan fingerprint density at radius 1 is 2.75 bits per heavy atom. The van der Waals surface area contributed by atoms with Crippen LogP contribution in [0.5, 0.6) is 0 Å². The van der Waals surface area contributed by atoms with E-state index in [1.807, 2.05) is 0 Å². The molecule has 0 bridgehead atoms. The Morgan fingerprint density at radius 2 is 3.50 bits per heavy atom. The van der Waals surface area contributed by atoms with E-state index < -0.39 is 6.26 Å². The van der Waals surface area contributed by atoms with E-state index in [2.05, 4.69) is 0 Å². The standard InChI is InChI=1S/C3H6O/c1-2-3-4/h3H,2H2,1H3/i1D,3D. The largest absolute Gasteiger partial charge is 0.303 e. The maximum absolute atomic E-state index is 9.59. The summed E-state index contributed by atoms with van der Waals surface area (Å²) < 4.78 is 12.6. The van der Waals surface area contributed by atoms with Gasteiger partial charge in [0.25, 0.3) is 0 Å². The number of carbonyl (C=O) groups is 1. The number of hydrogen-bond acceptors (Lipinski definition) is 1. The topological polar surface area (TPSA) is 17.1 Å². The molecule has 0 fully saturated rings. The summed E-state index contributed by atoms with van der Waals surface area (Å²) in [6.07, 6.45) is -0.579. The third-order valence-electron chi connectivity index (χ3n) is 0.102. The molecule has 0 atom stereocenters. The zero-order valence-electron chi connectivity index (χ0n) is 4.32. The summed E-state index contributed by atoms with van der Waals surface area (Å²) in [6, 6.07) is 0. The van der Waals surface area contributed by atoms with Gasteiger partial charge in [-0.05, 0) is 0 Å². The van der Waals surface area contributed by atoms with Crippen LogP contribution in [-0.2, 0) is 4.79 Å². The van der Waals surface area contributed by atoms with Crippen LogP contribution in [0.2, 0.25) is 0 Å². The van der Waals surface area contributed by atoms with E-state index in [1.165, 1.54) is 0 Å². The highest BCUT2D eigenvalue weighted by molar-refractivity contribution is 5.48. The smallest absolute Gasteiger partial charge is 0.119 e. The average Bonchev–Trinajstić information content (AvgIpc) is 1.35. The first kappa shape index (κ1) is 1.20. The highest BCUT2D eigenvalue weighted by Crippen LogP contribution is 1.53. The van der Waals surface area contributed by atoms with Crippen molar-refractivity contribution < 1.29 is 7.54 Å². The van der Waals surface area contributed by atoms with Crippen molar-refractivity contribution in [1.82, 2.24) is 0 Å². The van der Waals surface area contributed by atoms with Gasteiger partial charge in [0, 0.05) is 7.79 Å². The molecule has 0 N–H and O–H groups in total. The molecule has 0 radical (unpaired) electrons. The molecule has 0 aliphatic carbocycles. The van der Waals surface area contributed by atoms with E-state index >= 15 is 0 Å². The second-order valence-electron chi connectivity index (χ2n) is 0.394. The van der Waals surface area contributed by atoms with Gasteiger partial charge in [-0.3, -0.25) is 0 Å². The minimum absolute atomic E-state index is 0.0440. The maximum Gasteiger partial charge on any atom is 0.119 e. The summed E-state index contributed by atoms with van der Waals surface area (Å²) >= 11 is 0. The molecule has 0 aliphatic rings. The van der Waals surface area contributed by atoms with Crippen molar-refractivity contribution in [2.45, 2.75) is 13.3 Å². The molecule has 0 aromatic heterocycles. The number of carbonyl (C=O) groups excluding carboxylic acids is 1. The van der Waals surface area contributed by atoms with E-state index in [0.717, 1.165) is 0 Å². The fourth-order valence-electron chi connectivity index (χ4n) is 0. The molecule has 0 heterocycles. The fraction of sp³-hybridized carbons (Fsp3) is 0.667. The van der Waals surface area contributed by atoms with Gasteiger partial charge in [0.2, 0.25) is 0 Å². The van der Waals surface area contributed by atoms with Gasteiger partial charge in [0.15, 0.2) is 0 Å². The number of hydrogen-bond donors (Lipinski definition) is 0. The fourth-order valence-corrected chi connectivity index (χ4v) is 0. The Bertz CT molecular complexity index is 52.8. The molecule has 0 rings (SSSR count).